The summed E-state index contributed by atoms with van der Waals surface area (Å²) in [5.41, 5.74) is 2.64. The Kier molecular flexibility index (Phi) is 4.44. The van der Waals surface area contributed by atoms with Crippen molar-refractivity contribution in [3.63, 3.8) is 0 Å². The van der Waals surface area contributed by atoms with Gasteiger partial charge in [-0.15, -0.1) is 0 Å². The van der Waals surface area contributed by atoms with Crippen molar-refractivity contribution in [3.8, 4) is 11.6 Å². The first-order chi connectivity index (χ1) is 14.2. The highest BCUT2D eigenvalue weighted by Crippen LogP contribution is 2.23. The fraction of sp³-hybridized carbons (Fsp3) is 0.200. The minimum atomic E-state index is -0.281. The Hall–Kier alpha value is -3.33. The molecule has 29 heavy (non-hydrogen) atoms. The van der Waals surface area contributed by atoms with Gasteiger partial charge in [0.1, 0.15) is 0 Å². The number of fused-ring (bicyclic) bond motifs is 2. The number of thioether (sulfide) groups is 1. The van der Waals surface area contributed by atoms with Crippen LogP contribution in [0, 0.1) is 0 Å². The summed E-state index contributed by atoms with van der Waals surface area (Å²) >= 11 is 1.27. The lowest BCUT2D eigenvalue weighted by atomic mass is 10.00. The van der Waals surface area contributed by atoms with Gasteiger partial charge in [0.2, 0.25) is 5.91 Å². The number of carbonyl (C=O) groups excluding carboxylic acids is 1. The summed E-state index contributed by atoms with van der Waals surface area (Å²) < 4.78 is 6.88. The van der Waals surface area contributed by atoms with Gasteiger partial charge in [0, 0.05) is 19.2 Å². The molecule has 0 saturated carbocycles. The highest BCUT2D eigenvalue weighted by molar-refractivity contribution is 7.99. The monoisotopic (exact) mass is 407 g/mol. The van der Waals surface area contributed by atoms with Crippen LogP contribution < -0.4 is 5.56 Å². The van der Waals surface area contributed by atoms with Gasteiger partial charge < -0.3 is 9.32 Å². The van der Waals surface area contributed by atoms with Crippen molar-refractivity contribution in [3.05, 3.63) is 70.2 Å². The first-order valence-corrected chi connectivity index (χ1v) is 10.2. The molecule has 0 atom stereocenters. The van der Waals surface area contributed by atoms with Gasteiger partial charge in [0.15, 0.2) is 22.4 Å². The van der Waals surface area contributed by atoms with E-state index in [0.29, 0.717) is 35.5 Å². The molecule has 0 spiro atoms. The average molecular weight is 407 g/mol. The third-order valence-corrected chi connectivity index (χ3v) is 5.80. The molecule has 1 aliphatic heterocycles. The summed E-state index contributed by atoms with van der Waals surface area (Å²) in [6, 6.07) is 13.1. The van der Waals surface area contributed by atoms with E-state index in [1.54, 1.807) is 12.1 Å². The van der Waals surface area contributed by atoms with Gasteiger partial charge in [-0.1, -0.05) is 36.0 Å². The standard InChI is InChI=1S/C20H17N5O3S/c26-17-10-16-21-19(15-6-3-9-28-15)22-20(25(16)23-17)29-12-18(27)24-8-7-13-4-1-2-5-14(13)11-24/h1-6,9-10H,7-8,11-12H2,(H,23,26). The Morgan fingerprint density at radius 1 is 1.17 bits per heavy atom. The van der Waals surface area contributed by atoms with E-state index in [9.17, 15) is 9.59 Å². The number of hydrogen-bond donors (Lipinski definition) is 1. The van der Waals surface area contributed by atoms with E-state index in [-0.39, 0.29) is 17.2 Å². The van der Waals surface area contributed by atoms with Gasteiger partial charge >= 0.3 is 0 Å². The lowest BCUT2D eigenvalue weighted by Gasteiger charge is -2.28. The Bertz CT molecular complexity index is 1240. The zero-order chi connectivity index (χ0) is 19.8. The van der Waals surface area contributed by atoms with E-state index in [2.05, 4.69) is 27.2 Å². The summed E-state index contributed by atoms with van der Waals surface area (Å²) in [6.45, 7) is 1.32. The van der Waals surface area contributed by atoms with Crippen LogP contribution in [0.3, 0.4) is 0 Å². The molecule has 4 heterocycles. The lowest BCUT2D eigenvalue weighted by molar-refractivity contribution is -0.129. The summed E-state index contributed by atoms with van der Waals surface area (Å²) in [5.74, 6) is 1.12. The van der Waals surface area contributed by atoms with Gasteiger partial charge in [-0.3, -0.25) is 14.7 Å². The zero-order valence-corrected chi connectivity index (χ0v) is 16.2. The van der Waals surface area contributed by atoms with Crippen molar-refractivity contribution < 1.29 is 9.21 Å². The molecule has 0 fully saturated rings. The molecule has 0 radical (unpaired) electrons. The molecule has 0 saturated heterocycles. The topological polar surface area (TPSA) is 96.5 Å². The number of rotatable bonds is 4. The Labute approximate surface area is 169 Å². The number of furan rings is 1. The second-order valence-corrected chi connectivity index (χ2v) is 7.69. The molecule has 1 aromatic carbocycles. The number of hydrogen-bond acceptors (Lipinski definition) is 6. The van der Waals surface area contributed by atoms with Crippen LogP contribution in [0.15, 0.2) is 63.1 Å². The molecular formula is C20H17N5O3S. The zero-order valence-electron chi connectivity index (χ0n) is 15.4. The number of H-pyrrole nitrogens is 1. The second-order valence-electron chi connectivity index (χ2n) is 6.74. The molecule has 9 heteroatoms. The van der Waals surface area contributed by atoms with Crippen LogP contribution in [0.2, 0.25) is 0 Å². The third kappa shape index (κ3) is 3.44. The maximum Gasteiger partial charge on any atom is 0.266 e. The van der Waals surface area contributed by atoms with E-state index in [1.807, 2.05) is 17.0 Å². The highest BCUT2D eigenvalue weighted by atomic mass is 32.2. The molecule has 0 bridgehead atoms. The molecule has 1 aliphatic rings. The van der Waals surface area contributed by atoms with Gasteiger partial charge in [0.05, 0.1) is 12.0 Å². The highest BCUT2D eigenvalue weighted by Gasteiger charge is 2.21. The van der Waals surface area contributed by atoms with Crippen molar-refractivity contribution in [1.29, 1.82) is 0 Å². The number of nitrogens with one attached hydrogen (secondary N) is 1. The second kappa shape index (κ2) is 7.25. The van der Waals surface area contributed by atoms with Crippen molar-refractivity contribution in [2.45, 2.75) is 18.1 Å². The van der Waals surface area contributed by atoms with Crippen molar-refractivity contribution in [1.82, 2.24) is 24.5 Å². The molecule has 146 valence electrons. The number of benzene rings is 1. The Balaban J connectivity index is 1.38. The smallest absolute Gasteiger partial charge is 0.266 e. The largest absolute Gasteiger partial charge is 0.461 e. The minimum absolute atomic E-state index is 0.0327. The van der Waals surface area contributed by atoms with E-state index in [0.717, 1.165) is 6.42 Å². The van der Waals surface area contributed by atoms with E-state index in [1.165, 1.54) is 39.7 Å². The lowest BCUT2D eigenvalue weighted by Crippen LogP contribution is -2.37. The summed E-state index contributed by atoms with van der Waals surface area (Å²) in [4.78, 5) is 35.3. The predicted octanol–water partition coefficient (Wildman–Crippen LogP) is 2.35. The van der Waals surface area contributed by atoms with Crippen molar-refractivity contribution in [2.75, 3.05) is 12.3 Å². The fourth-order valence-electron chi connectivity index (χ4n) is 3.42. The van der Waals surface area contributed by atoms with Gasteiger partial charge in [0.25, 0.3) is 5.56 Å². The maximum atomic E-state index is 12.8. The van der Waals surface area contributed by atoms with Crippen LogP contribution in [0.25, 0.3) is 17.2 Å². The van der Waals surface area contributed by atoms with Gasteiger partial charge in [-0.2, -0.15) is 4.98 Å². The molecule has 4 aromatic rings. The molecule has 0 unspecified atom stereocenters. The first-order valence-electron chi connectivity index (χ1n) is 9.18. The molecular weight excluding hydrogens is 390 g/mol. The van der Waals surface area contributed by atoms with Crippen molar-refractivity contribution >= 4 is 23.3 Å². The predicted molar refractivity (Wildman–Crippen MR) is 108 cm³/mol. The van der Waals surface area contributed by atoms with Crippen LogP contribution in [-0.4, -0.2) is 42.7 Å². The summed E-state index contributed by atoms with van der Waals surface area (Å²) in [6.07, 6.45) is 2.40. The van der Waals surface area contributed by atoms with Crippen LogP contribution in [0.5, 0.6) is 0 Å². The van der Waals surface area contributed by atoms with Crippen molar-refractivity contribution in [2.24, 2.45) is 0 Å². The maximum absolute atomic E-state index is 12.8. The number of aromatic amines is 1. The number of aromatic nitrogens is 4. The van der Waals surface area contributed by atoms with Crippen LogP contribution in [0.4, 0.5) is 0 Å². The van der Waals surface area contributed by atoms with Crippen LogP contribution in [-0.2, 0) is 17.8 Å². The molecule has 1 N–H and O–H groups in total. The Morgan fingerprint density at radius 2 is 2.03 bits per heavy atom. The summed E-state index contributed by atoms with van der Waals surface area (Å²) in [5, 5.41) is 3.16. The minimum Gasteiger partial charge on any atom is -0.461 e. The average Bonchev–Trinajstić information content (AvgIpc) is 3.40. The van der Waals surface area contributed by atoms with E-state index < -0.39 is 0 Å². The molecule has 3 aromatic heterocycles. The number of amides is 1. The van der Waals surface area contributed by atoms with Crippen LogP contribution in [0.1, 0.15) is 11.1 Å². The van der Waals surface area contributed by atoms with Crippen LogP contribution >= 0.6 is 11.8 Å². The first kappa shape index (κ1) is 17.7. The number of nitrogens with zero attached hydrogens (tertiary/aromatic N) is 4. The molecule has 8 nitrogen and oxygen atoms in total. The van der Waals surface area contributed by atoms with Gasteiger partial charge in [-0.25, -0.2) is 9.50 Å². The SMILES string of the molecule is O=C(CSc1nc(-c2ccco2)nc2cc(=O)[nH]n12)N1CCc2ccccc2C1. The van der Waals surface area contributed by atoms with E-state index >= 15 is 0 Å². The molecule has 1 amide bonds. The Morgan fingerprint density at radius 3 is 2.86 bits per heavy atom. The normalized spacial score (nSPS) is 13.6. The number of carbonyl (C=O) groups is 1. The quantitative estimate of drug-likeness (QED) is 0.522. The third-order valence-electron chi connectivity index (χ3n) is 4.87. The fourth-order valence-corrected chi connectivity index (χ4v) is 4.28. The van der Waals surface area contributed by atoms with E-state index in [4.69, 9.17) is 4.42 Å². The summed E-state index contributed by atoms with van der Waals surface area (Å²) in [7, 11) is 0. The molecule has 0 aliphatic carbocycles. The van der Waals surface area contributed by atoms with Gasteiger partial charge in [-0.05, 0) is 29.7 Å². The molecule has 5 rings (SSSR count).